The molecule has 0 aromatic carbocycles. The number of carbonyl (C=O) groups is 3. The first-order chi connectivity index (χ1) is 25.4. The Bertz CT molecular complexity index is 871. The van der Waals surface area contributed by atoms with Gasteiger partial charge in [0.1, 0.15) is 0 Å². The number of hydrogen-bond donors (Lipinski definition) is 0. The summed E-state index contributed by atoms with van der Waals surface area (Å²) in [5.74, 6) is -0.519. The van der Waals surface area contributed by atoms with Gasteiger partial charge in [-0.05, 0) is 78.3 Å². The second-order valence-corrected chi connectivity index (χ2v) is 15.6. The van der Waals surface area contributed by atoms with Gasteiger partial charge in [0.15, 0.2) is 12.2 Å². The van der Waals surface area contributed by atoms with Gasteiger partial charge in [0.05, 0.1) is 13.1 Å². The molecule has 1 saturated heterocycles. The number of nitrogens with zero attached hydrogens (tertiary/aromatic N) is 2. The summed E-state index contributed by atoms with van der Waals surface area (Å²) in [6.45, 7) is 5.75. The van der Waals surface area contributed by atoms with E-state index >= 15 is 0 Å². The highest BCUT2D eigenvalue weighted by molar-refractivity contribution is 5.77. The van der Waals surface area contributed by atoms with Gasteiger partial charge in [-0.3, -0.25) is 14.4 Å². The maximum absolute atomic E-state index is 12.9. The number of esters is 2. The van der Waals surface area contributed by atoms with Crippen LogP contribution in [0.3, 0.4) is 0 Å². The lowest BCUT2D eigenvalue weighted by molar-refractivity contribution is -0.164. The molecule has 0 aliphatic carbocycles. The molecular weight excluding hydrogens is 649 g/mol. The number of unbranched alkanes of at least 4 members (excludes halogenated alkanes) is 22. The second-order valence-electron chi connectivity index (χ2n) is 15.6. The Kier molecular flexibility index (Phi) is 31.9. The Hall–Kier alpha value is -2.15. The Balaban J connectivity index is 2.27. The molecule has 2 atom stereocenters. The number of ether oxygens (including phenoxy) is 2. The smallest absolute Gasteiger partial charge is 0.306 e. The van der Waals surface area contributed by atoms with Crippen LogP contribution in [0.4, 0.5) is 0 Å². The molecule has 1 unspecified atom stereocenters. The zero-order valence-corrected chi connectivity index (χ0v) is 34.5. The van der Waals surface area contributed by atoms with Crippen LogP contribution in [-0.4, -0.2) is 73.6 Å². The van der Waals surface area contributed by atoms with Crippen molar-refractivity contribution < 1.29 is 23.9 Å². The van der Waals surface area contributed by atoms with Crippen LogP contribution < -0.4 is 0 Å². The zero-order valence-electron chi connectivity index (χ0n) is 34.5. The molecule has 0 saturated carbocycles. The minimum Gasteiger partial charge on any atom is -0.456 e. The Morgan fingerprint density at radius 3 is 1.17 bits per heavy atom. The number of allylic oxidation sites excluding steroid dienone is 4. The lowest BCUT2D eigenvalue weighted by Crippen LogP contribution is -2.33. The third-order valence-corrected chi connectivity index (χ3v) is 10.2. The summed E-state index contributed by atoms with van der Waals surface area (Å²) in [7, 11) is 3.88. The van der Waals surface area contributed by atoms with Crippen LogP contribution in [0.5, 0.6) is 0 Å². The first kappa shape index (κ1) is 47.9. The molecule has 0 N–H and O–H groups in total. The van der Waals surface area contributed by atoms with Crippen LogP contribution >= 0.6 is 0 Å². The van der Waals surface area contributed by atoms with E-state index in [0.717, 1.165) is 51.4 Å². The lowest BCUT2D eigenvalue weighted by atomic mass is 10.1. The van der Waals surface area contributed by atoms with E-state index in [1.165, 1.54) is 116 Å². The number of likely N-dealkylation sites (tertiary alicyclic amines) is 1. The Labute approximate surface area is 321 Å². The largest absolute Gasteiger partial charge is 0.456 e. The third kappa shape index (κ3) is 28.4. The molecule has 1 aliphatic rings. The molecule has 0 bridgehead atoms. The van der Waals surface area contributed by atoms with E-state index in [2.05, 4.69) is 38.2 Å². The molecule has 52 heavy (non-hydrogen) atoms. The molecule has 1 heterocycles. The van der Waals surface area contributed by atoms with Crippen molar-refractivity contribution in [2.45, 2.75) is 212 Å². The molecule has 0 radical (unpaired) electrons. The van der Waals surface area contributed by atoms with Crippen molar-refractivity contribution in [3.8, 4) is 0 Å². The number of amides is 1. The fraction of sp³-hybridized carbons (Fsp3) is 0.844. The SMILES string of the molecule is CCCCCCCC/C=C\CCCCCCCC(=O)OC1CN(C(=O)CCN(C)C)C[C@H]1OC(=O)CCCCCCC/C=C\CCCCCCCC. The van der Waals surface area contributed by atoms with Crippen molar-refractivity contribution >= 4 is 17.8 Å². The van der Waals surface area contributed by atoms with Gasteiger partial charge < -0.3 is 19.3 Å². The molecule has 302 valence electrons. The van der Waals surface area contributed by atoms with E-state index in [1.54, 1.807) is 4.90 Å². The second kappa shape index (κ2) is 34.6. The first-order valence-electron chi connectivity index (χ1n) is 22.0. The Morgan fingerprint density at radius 1 is 0.500 bits per heavy atom. The normalized spacial score (nSPS) is 16.1. The van der Waals surface area contributed by atoms with Crippen LogP contribution in [0.15, 0.2) is 24.3 Å². The molecule has 0 aromatic rings. The highest BCUT2D eigenvalue weighted by Crippen LogP contribution is 2.21. The molecule has 7 nitrogen and oxygen atoms in total. The summed E-state index contributed by atoms with van der Waals surface area (Å²) >= 11 is 0. The summed E-state index contributed by atoms with van der Waals surface area (Å²) in [5.41, 5.74) is 0. The minimum atomic E-state index is -0.600. The average molecular weight is 731 g/mol. The predicted molar refractivity (Wildman–Crippen MR) is 218 cm³/mol. The van der Waals surface area contributed by atoms with Crippen LogP contribution in [0.1, 0.15) is 200 Å². The van der Waals surface area contributed by atoms with Crippen molar-refractivity contribution in [3.05, 3.63) is 24.3 Å². The van der Waals surface area contributed by atoms with Gasteiger partial charge in [0.25, 0.3) is 0 Å². The van der Waals surface area contributed by atoms with Crippen molar-refractivity contribution in [1.82, 2.24) is 9.80 Å². The quantitative estimate of drug-likeness (QED) is 0.0367. The summed E-state index contributed by atoms with van der Waals surface area (Å²) in [4.78, 5) is 42.2. The maximum atomic E-state index is 12.9. The molecule has 0 aromatic heterocycles. The van der Waals surface area contributed by atoms with Gasteiger partial charge in [-0.15, -0.1) is 0 Å². The number of hydrogen-bond acceptors (Lipinski definition) is 6. The standard InChI is InChI=1S/C45H82N2O5/c1-5-7-9-11-13-15-17-19-21-23-25-27-29-31-33-35-44(49)51-41-39-47(43(48)37-38-46(3)4)40-42(41)52-45(50)36-34-32-30-28-26-24-22-20-18-16-14-12-10-8-6-2/h19-22,41-42H,5-18,23-40H2,1-4H3/b21-19-,22-20-/t41-,42?/m1/s1. The summed E-state index contributed by atoms with van der Waals surface area (Å²) in [5, 5.41) is 0. The lowest BCUT2D eigenvalue weighted by Gasteiger charge is -2.19. The maximum Gasteiger partial charge on any atom is 0.306 e. The molecular formula is C45H82N2O5. The van der Waals surface area contributed by atoms with E-state index in [4.69, 9.17) is 9.47 Å². The molecule has 1 aliphatic heterocycles. The summed E-state index contributed by atoms with van der Waals surface area (Å²) < 4.78 is 11.7. The van der Waals surface area contributed by atoms with E-state index in [0.29, 0.717) is 25.8 Å². The predicted octanol–water partition coefficient (Wildman–Crippen LogP) is 11.7. The van der Waals surface area contributed by atoms with E-state index in [9.17, 15) is 14.4 Å². The highest BCUT2D eigenvalue weighted by atomic mass is 16.6. The molecule has 7 heteroatoms. The van der Waals surface area contributed by atoms with Crippen LogP contribution in [0.2, 0.25) is 0 Å². The van der Waals surface area contributed by atoms with E-state index in [1.807, 2.05) is 19.0 Å². The van der Waals surface area contributed by atoms with Gasteiger partial charge in [-0.1, -0.05) is 141 Å². The van der Waals surface area contributed by atoms with Crippen molar-refractivity contribution in [1.29, 1.82) is 0 Å². The third-order valence-electron chi connectivity index (χ3n) is 10.2. The van der Waals surface area contributed by atoms with Gasteiger partial charge >= 0.3 is 11.9 Å². The van der Waals surface area contributed by atoms with Gasteiger partial charge in [0.2, 0.25) is 5.91 Å². The van der Waals surface area contributed by atoms with Crippen LogP contribution in [0.25, 0.3) is 0 Å². The van der Waals surface area contributed by atoms with Gasteiger partial charge in [-0.2, -0.15) is 0 Å². The van der Waals surface area contributed by atoms with Gasteiger partial charge in [0, 0.05) is 25.8 Å². The Morgan fingerprint density at radius 2 is 0.827 bits per heavy atom. The van der Waals surface area contributed by atoms with Crippen molar-refractivity contribution in [2.75, 3.05) is 33.7 Å². The molecule has 1 fully saturated rings. The summed E-state index contributed by atoms with van der Waals surface area (Å²) in [6.07, 6.45) is 40.7. The molecule has 1 amide bonds. The average Bonchev–Trinajstić information content (AvgIpc) is 3.51. The van der Waals surface area contributed by atoms with Crippen LogP contribution in [-0.2, 0) is 23.9 Å². The minimum absolute atomic E-state index is 0.00260. The number of carbonyl (C=O) groups excluding carboxylic acids is 3. The topological polar surface area (TPSA) is 76.2 Å². The number of rotatable bonds is 35. The fourth-order valence-corrected chi connectivity index (χ4v) is 6.79. The van der Waals surface area contributed by atoms with E-state index in [-0.39, 0.29) is 30.9 Å². The van der Waals surface area contributed by atoms with E-state index < -0.39 is 12.2 Å². The fourth-order valence-electron chi connectivity index (χ4n) is 6.79. The molecule has 0 spiro atoms. The van der Waals surface area contributed by atoms with Crippen molar-refractivity contribution in [3.63, 3.8) is 0 Å². The zero-order chi connectivity index (χ0) is 37.9. The van der Waals surface area contributed by atoms with Crippen molar-refractivity contribution in [2.24, 2.45) is 0 Å². The van der Waals surface area contributed by atoms with Gasteiger partial charge in [-0.25, -0.2) is 0 Å². The first-order valence-corrected chi connectivity index (χ1v) is 22.0. The monoisotopic (exact) mass is 731 g/mol. The van der Waals surface area contributed by atoms with Crippen LogP contribution in [0, 0.1) is 0 Å². The highest BCUT2D eigenvalue weighted by Gasteiger charge is 2.40. The molecule has 1 rings (SSSR count). The summed E-state index contributed by atoms with van der Waals surface area (Å²) in [6, 6.07) is 0.